The molecule has 2 fully saturated rings. The predicted octanol–water partition coefficient (Wildman–Crippen LogP) is 5.05. The zero-order chi connectivity index (χ0) is 33.3. The molecule has 2 aromatic heterocycles. The summed E-state index contributed by atoms with van der Waals surface area (Å²) in [6.07, 6.45) is 0.111. The van der Waals surface area contributed by atoms with Gasteiger partial charge in [0.1, 0.15) is 30.9 Å². The van der Waals surface area contributed by atoms with Gasteiger partial charge in [-0.2, -0.15) is 0 Å². The van der Waals surface area contributed by atoms with Gasteiger partial charge in [-0.05, 0) is 42.0 Å². The van der Waals surface area contributed by atoms with Gasteiger partial charge < -0.3 is 29.5 Å². The number of benzene rings is 3. The average molecular weight is 669 g/mol. The number of fused-ring (bicyclic) bond motifs is 3. The topological polar surface area (TPSA) is 158 Å². The number of nitrogens with one attached hydrogen (secondary N) is 1. The normalized spacial score (nSPS) is 21.6. The summed E-state index contributed by atoms with van der Waals surface area (Å²) in [5.41, 5.74) is 0.888. The predicted molar refractivity (Wildman–Crippen MR) is 172 cm³/mol. The Morgan fingerprint density at radius 2 is 1.67 bits per heavy atom. The highest BCUT2D eigenvalue weighted by Gasteiger charge is 2.62. The van der Waals surface area contributed by atoms with E-state index in [2.05, 4.69) is 20.3 Å². The molecule has 7 rings (SSSR count). The number of hydrogen-bond acceptors (Lipinski definition) is 9. The second-order valence-electron chi connectivity index (χ2n) is 11.6. The zero-order valence-corrected chi connectivity index (χ0v) is 26.1. The molecule has 0 radical (unpaired) electrons. The molecule has 14 heteroatoms. The van der Waals surface area contributed by atoms with Crippen LogP contribution < -0.4 is 5.32 Å². The fourth-order valence-corrected chi connectivity index (χ4v) is 6.37. The van der Waals surface area contributed by atoms with Crippen LogP contribution in [0, 0.1) is 5.92 Å². The second kappa shape index (κ2) is 13.0. The lowest BCUT2D eigenvalue weighted by molar-refractivity contribution is -0.156. The van der Waals surface area contributed by atoms with E-state index >= 15 is 0 Å². The van der Waals surface area contributed by atoms with E-state index in [0.29, 0.717) is 27.3 Å². The van der Waals surface area contributed by atoms with E-state index in [9.17, 15) is 19.5 Å². The van der Waals surface area contributed by atoms with Gasteiger partial charge in [-0.1, -0.05) is 60.1 Å². The number of amides is 2. The van der Waals surface area contributed by atoms with Crippen molar-refractivity contribution in [3.05, 3.63) is 119 Å². The molecule has 2 amide bonds. The van der Waals surface area contributed by atoms with Gasteiger partial charge in [-0.3, -0.25) is 9.36 Å². The van der Waals surface area contributed by atoms with Gasteiger partial charge in [0.2, 0.25) is 0 Å². The van der Waals surface area contributed by atoms with Crippen LogP contribution in [0.25, 0.3) is 11.2 Å². The molecule has 0 saturated carbocycles. The van der Waals surface area contributed by atoms with E-state index in [1.165, 1.54) is 17.6 Å². The number of carboxylic acid groups (broad SMARTS) is 1. The standard InChI is InChI=1S/C34H29ClN6O7/c35-24-13-11-21(12-14-24)16-46-27-25-15-40(33(44)45)17-34(27,18-47-32(43)23-9-5-2-6-10-23)48-31(25)41-20-38-26-28(36-19-37-29(26)41)39-30(42)22-7-3-1-4-8-22/h1-14,19-20,25,27,31H,15-18H2,(H,44,45)(H,36,37,39,42)/t25-,27+,31-,34-/m1/s1. The van der Waals surface area contributed by atoms with Crippen LogP contribution in [-0.2, 0) is 20.8 Å². The van der Waals surface area contributed by atoms with Crippen LogP contribution in [0.3, 0.4) is 0 Å². The fraction of sp³-hybridized carbons (Fsp3) is 0.235. The summed E-state index contributed by atoms with van der Waals surface area (Å²) in [6, 6.07) is 24.4. The number of ether oxygens (including phenoxy) is 3. The average Bonchev–Trinajstić information content (AvgIpc) is 3.61. The lowest BCUT2D eigenvalue weighted by atomic mass is 9.85. The molecule has 4 heterocycles. The smallest absolute Gasteiger partial charge is 0.407 e. The highest BCUT2D eigenvalue weighted by molar-refractivity contribution is 6.30. The molecule has 2 bridgehead atoms. The Labute approximate surface area is 279 Å². The molecule has 13 nitrogen and oxygen atoms in total. The first-order chi connectivity index (χ1) is 23.3. The molecule has 0 unspecified atom stereocenters. The van der Waals surface area contributed by atoms with Crippen LogP contribution >= 0.6 is 11.6 Å². The number of rotatable bonds is 9. The van der Waals surface area contributed by atoms with Crippen molar-refractivity contribution < 1.29 is 33.7 Å². The number of carbonyl (C=O) groups is 3. The third-order valence-electron chi connectivity index (χ3n) is 8.49. The summed E-state index contributed by atoms with van der Waals surface area (Å²) < 4.78 is 20.7. The van der Waals surface area contributed by atoms with Gasteiger partial charge in [0.25, 0.3) is 5.91 Å². The molecule has 5 aromatic rings. The second-order valence-corrected chi connectivity index (χ2v) is 12.0. The van der Waals surface area contributed by atoms with Crippen molar-refractivity contribution >= 4 is 46.6 Å². The summed E-state index contributed by atoms with van der Waals surface area (Å²) in [6.45, 7) is -0.189. The van der Waals surface area contributed by atoms with Gasteiger partial charge in [-0.25, -0.2) is 24.5 Å². The van der Waals surface area contributed by atoms with E-state index in [1.54, 1.807) is 71.3 Å². The van der Waals surface area contributed by atoms with Crippen molar-refractivity contribution in [3.8, 4) is 0 Å². The Morgan fingerprint density at radius 1 is 0.958 bits per heavy atom. The fourth-order valence-electron chi connectivity index (χ4n) is 6.25. The molecule has 2 aliphatic heterocycles. The van der Waals surface area contributed by atoms with E-state index in [4.69, 9.17) is 25.8 Å². The van der Waals surface area contributed by atoms with Gasteiger partial charge in [0, 0.05) is 17.1 Å². The molecule has 244 valence electrons. The molecule has 2 aliphatic rings. The number of piperidine rings is 1. The van der Waals surface area contributed by atoms with Gasteiger partial charge in [-0.15, -0.1) is 0 Å². The largest absolute Gasteiger partial charge is 0.465 e. The van der Waals surface area contributed by atoms with Crippen LogP contribution in [0.5, 0.6) is 0 Å². The lowest BCUT2D eigenvalue weighted by Crippen LogP contribution is -2.61. The SMILES string of the molecule is O=C(Nc1ncnc2c1ncn2[C@@H]1O[C@@]2(COC(=O)c3ccccc3)CN(C(=O)O)C[C@@H]1[C@@H]2OCc1ccc(Cl)cc1)c1ccccc1. The van der Waals surface area contributed by atoms with Crippen molar-refractivity contribution in [2.24, 2.45) is 5.92 Å². The molecule has 4 atom stereocenters. The summed E-state index contributed by atoms with van der Waals surface area (Å²) in [5.74, 6) is -1.34. The summed E-state index contributed by atoms with van der Waals surface area (Å²) in [5, 5.41) is 13.5. The van der Waals surface area contributed by atoms with Crippen LogP contribution in [-0.4, -0.2) is 78.9 Å². The Kier molecular flexibility index (Phi) is 8.48. The van der Waals surface area contributed by atoms with Crippen LogP contribution in [0.15, 0.2) is 97.6 Å². The van der Waals surface area contributed by atoms with Crippen molar-refractivity contribution in [2.45, 2.75) is 24.5 Å². The zero-order valence-electron chi connectivity index (χ0n) is 25.3. The maximum absolute atomic E-state index is 13.1. The highest BCUT2D eigenvalue weighted by Crippen LogP contribution is 2.49. The molecule has 0 spiro atoms. The number of hydrogen-bond donors (Lipinski definition) is 2. The monoisotopic (exact) mass is 668 g/mol. The van der Waals surface area contributed by atoms with Gasteiger partial charge in [0.05, 0.1) is 31.0 Å². The first kappa shape index (κ1) is 31.2. The number of esters is 1. The van der Waals surface area contributed by atoms with Crippen molar-refractivity contribution in [3.63, 3.8) is 0 Å². The Bertz CT molecular complexity index is 1960. The van der Waals surface area contributed by atoms with E-state index < -0.39 is 35.9 Å². The van der Waals surface area contributed by atoms with E-state index in [0.717, 1.165) is 5.56 Å². The van der Waals surface area contributed by atoms with E-state index in [-0.39, 0.29) is 38.0 Å². The van der Waals surface area contributed by atoms with Crippen LogP contribution in [0.2, 0.25) is 5.02 Å². The van der Waals surface area contributed by atoms with Crippen LogP contribution in [0.1, 0.15) is 32.5 Å². The number of carbonyl (C=O) groups excluding carboxylic acids is 2. The molecule has 3 aromatic carbocycles. The maximum atomic E-state index is 13.1. The van der Waals surface area contributed by atoms with Gasteiger partial charge in [0.15, 0.2) is 17.0 Å². The first-order valence-corrected chi connectivity index (χ1v) is 15.5. The van der Waals surface area contributed by atoms with Crippen molar-refractivity contribution in [2.75, 3.05) is 25.0 Å². The Morgan fingerprint density at radius 3 is 2.38 bits per heavy atom. The molecule has 2 saturated heterocycles. The van der Waals surface area contributed by atoms with E-state index in [1.807, 2.05) is 18.2 Å². The molecule has 0 aliphatic carbocycles. The maximum Gasteiger partial charge on any atom is 0.407 e. The number of aromatic nitrogens is 4. The summed E-state index contributed by atoms with van der Waals surface area (Å²) in [7, 11) is 0. The number of likely N-dealkylation sites (tertiary alicyclic amines) is 1. The molecular weight excluding hydrogens is 640 g/mol. The van der Waals surface area contributed by atoms with Gasteiger partial charge >= 0.3 is 12.1 Å². The third-order valence-corrected chi connectivity index (χ3v) is 8.74. The summed E-state index contributed by atoms with van der Waals surface area (Å²) in [4.78, 5) is 52.9. The Balaban J connectivity index is 1.23. The van der Waals surface area contributed by atoms with Crippen molar-refractivity contribution in [1.82, 2.24) is 24.4 Å². The minimum absolute atomic E-state index is 0.0576. The summed E-state index contributed by atoms with van der Waals surface area (Å²) >= 11 is 6.09. The number of imidazole rings is 1. The highest BCUT2D eigenvalue weighted by atomic mass is 35.5. The number of halogens is 1. The number of anilines is 1. The van der Waals surface area contributed by atoms with Crippen molar-refractivity contribution in [1.29, 1.82) is 0 Å². The number of nitrogens with zero attached hydrogens (tertiary/aromatic N) is 5. The minimum atomic E-state index is -1.39. The quantitative estimate of drug-likeness (QED) is 0.204. The van der Waals surface area contributed by atoms with Crippen LogP contribution in [0.4, 0.5) is 10.6 Å². The minimum Gasteiger partial charge on any atom is -0.465 e. The third kappa shape index (κ3) is 6.06. The Hall–Kier alpha value is -5.37. The molecular formula is C34H29ClN6O7. The lowest BCUT2D eigenvalue weighted by Gasteiger charge is -2.42. The first-order valence-electron chi connectivity index (χ1n) is 15.1. The molecule has 48 heavy (non-hydrogen) atoms. The molecule has 2 N–H and O–H groups in total.